The summed E-state index contributed by atoms with van der Waals surface area (Å²) in [7, 11) is 1.53. The van der Waals surface area contributed by atoms with Gasteiger partial charge in [0.2, 0.25) is 11.8 Å². The Morgan fingerprint density at radius 1 is 1.50 bits per heavy atom. The fraction of sp³-hybridized carbons (Fsp3) is 0.643. The van der Waals surface area contributed by atoms with Crippen molar-refractivity contribution < 1.29 is 14.6 Å². The average Bonchev–Trinajstić information content (AvgIpc) is 3.07. The van der Waals surface area contributed by atoms with Crippen molar-refractivity contribution in [2.24, 2.45) is 5.92 Å². The van der Waals surface area contributed by atoms with E-state index < -0.39 is 0 Å². The fourth-order valence-corrected chi connectivity index (χ4v) is 3.09. The van der Waals surface area contributed by atoms with Gasteiger partial charge in [-0.3, -0.25) is 4.57 Å². The summed E-state index contributed by atoms with van der Waals surface area (Å²) in [6.45, 7) is 2.24. The molecular weight excluding hydrogens is 286 g/mol. The number of nitrogen functional groups attached to an aromatic ring is 1. The van der Waals surface area contributed by atoms with Gasteiger partial charge in [-0.25, -0.2) is 4.98 Å². The molecule has 22 heavy (non-hydrogen) atoms. The molecule has 120 valence electrons. The lowest BCUT2D eigenvalue weighted by molar-refractivity contribution is -0.00466. The van der Waals surface area contributed by atoms with Crippen molar-refractivity contribution in [3.63, 3.8) is 0 Å². The van der Waals surface area contributed by atoms with Crippen LogP contribution in [0.25, 0.3) is 11.2 Å². The van der Waals surface area contributed by atoms with E-state index in [0.29, 0.717) is 23.0 Å². The molecule has 2 aromatic heterocycles. The quantitative estimate of drug-likeness (QED) is 0.851. The predicted octanol–water partition coefficient (Wildman–Crippen LogP) is 1.11. The standard InChI is InChI=1S/C14H21N5O3/c1-8-6-9(4-3-5-20)13(22-8)19-7-16-10-11(19)17-14(15)18-12(10)21-2/h7-9,13,20H,3-6H2,1-2H3,(H2,15,17,18)/t8?,9-,13?/m0/s1. The van der Waals surface area contributed by atoms with Crippen molar-refractivity contribution in [2.45, 2.75) is 38.5 Å². The van der Waals surface area contributed by atoms with Crippen molar-refractivity contribution in [1.82, 2.24) is 19.5 Å². The molecule has 0 aromatic carbocycles. The van der Waals surface area contributed by atoms with Crippen LogP contribution in [0, 0.1) is 5.92 Å². The molecule has 2 aromatic rings. The van der Waals surface area contributed by atoms with Gasteiger partial charge in [0.1, 0.15) is 6.23 Å². The summed E-state index contributed by atoms with van der Waals surface area (Å²) < 4.78 is 13.1. The largest absolute Gasteiger partial charge is 0.479 e. The Bertz CT molecular complexity index is 659. The van der Waals surface area contributed by atoms with Crippen LogP contribution in [-0.4, -0.2) is 44.4 Å². The maximum atomic E-state index is 9.07. The third-order valence-corrected chi connectivity index (χ3v) is 4.02. The van der Waals surface area contributed by atoms with E-state index in [9.17, 15) is 0 Å². The van der Waals surface area contributed by atoms with Crippen LogP contribution in [0.4, 0.5) is 5.95 Å². The number of ether oxygens (including phenoxy) is 2. The van der Waals surface area contributed by atoms with Crippen LogP contribution in [0.3, 0.4) is 0 Å². The van der Waals surface area contributed by atoms with Crippen LogP contribution in [0.2, 0.25) is 0 Å². The van der Waals surface area contributed by atoms with E-state index in [1.54, 1.807) is 6.33 Å². The molecule has 0 aliphatic carbocycles. The molecule has 3 N–H and O–H groups in total. The monoisotopic (exact) mass is 307 g/mol. The van der Waals surface area contributed by atoms with Gasteiger partial charge in [0.25, 0.3) is 0 Å². The van der Waals surface area contributed by atoms with Crippen molar-refractivity contribution >= 4 is 17.1 Å². The van der Waals surface area contributed by atoms with Crippen LogP contribution in [0.1, 0.15) is 32.4 Å². The molecular formula is C14H21N5O3. The zero-order valence-corrected chi connectivity index (χ0v) is 12.8. The summed E-state index contributed by atoms with van der Waals surface area (Å²) in [5.74, 6) is 0.810. The number of hydrogen-bond donors (Lipinski definition) is 2. The van der Waals surface area contributed by atoms with E-state index in [-0.39, 0.29) is 24.9 Å². The van der Waals surface area contributed by atoms with Crippen LogP contribution >= 0.6 is 0 Å². The molecule has 2 unspecified atom stereocenters. The summed E-state index contributed by atoms with van der Waals surface area (Å²) in [4.78, 5) is 12.7. The van der Waals surface area contributed by atoms with Gasteiger partial charge in [0, 0.05) is 12.5 Å². The minimum Gasteiger partial charge on any atom is -0.479 e. The lowest BCUT2D eigenvalue weighted by Gasteiger charge is -2.20. The predicted molar refractivity (Wildman–Crippen MR) is 80.3 cm³/mol. The molecule has 0 radical (unpaired) electrons. The average molecular weight is 307 g/mol. The van der Waals surface area contributed by atoms with Gasteiger partial charge in [0.15, 0.2) is 11.2 Å². The van der Waals surface area contributed by atoms with Gasteiger partial charge >= 0.3 is 0 Å². The summed E-state index contributed by atoms with van der Waals surface area (Å²) in [6, 6.07) is 0. The van der Waals surface area contributed by atoms with Crippen LogP contribution < -0.4 is 10.5 Å². The first kappa shape index (κ1) is 15.0. The second kappa shape index (κ2) is 6.05. The van der Waals surface area contributed by atoms with Gasteiger partial charge < -0.3 is 20.3 Å². The van der Waals surface area contributed by atoms with E-state index in [1.807, 2.05) is 4.57 Å². The molecule has 0 spiro atoms. The molecule has 3 atom stereocenters. The molecule has 1 aliphatic heterocycles. The van der Waals surface area contributed by atoms with Crippen LogP contribution in [-0.2, 0) is 4.74 Å². The smallest absolute Gasteiger partial charge is 0.246 e. The first-order valence-corrected chi connectivity index (χ1v) is 7.44. The van der Waals surface area contributed by atoms with E-state index >= 15 is 0 Å². The molecule has 0 saturated carbocycles. The number of nitrogens with two attached hydrogens (primary N) is 1. The SMILES string of the molecule is COc1nc(N)nc2c1ncn2C1OC(C)C[C@@H]1CCCO. The van der Waals surface area contributed by atoms with Crippen molar-refractivity contribution in [2.75, 3.05) is 19.5 Å². The van der Waals surface area contributed by atoms with Gasteiger partial charge in [-0.2, -0.15) is 9.97 Å². The number of methoxy groups -OCH3 is 1. The first-order chi connectivity index (χ1) is 10.6. The molecule has 3 heterocycles. The van der Waals surface area contributed by atoms with Gasteiger partial charge in [-0.15, -0.1) is 0 Å². The molecule has 0 bridgehead atoms. The highest BCUT2D eigenvalue weighted by molar-refractivity contribution is 5.77. The highest BCUT2D eigenvalue weighted by Crippen LogP contribution is 2.39. The number of rotatable bonds is 5. The molecule has 0 amide bonds. The molecule has 8 heteroatoms. The van der Waals surface area contributed by atoms with Crippen molar-refractivity contribution in [3.05, 3.63) is 6.33 Å². The van der Waals surface area contributed by atoms with Crippen LogP contribution in [0.15, 0.2) is 6.33 Å². The highest BCUT2D eigenvalue weighted by Gasteiger charge is 2.35. The summed E-state index contributed by atoms with van der Waals surface area (Å²) in [5.41, 5.74) is 6.93. The summed E-state index contributed by atoms with van der Waals surface area (Å²) in [5, 5.41) is 9.07. The summed E-state index contributed by atoms with van der Waals surface area (Å²) in [6.07, 6.45) is 4.28. The second-order valence-electron chi connectivity index (χ2n) is 5.61. The Labute approximate surface area is 128 Å². The van der Waals surface area contributed by atoms with Gasteiger partial charge in [0.05, 0.1) is 19.5 Å². The fourth-order valence-electron chi connectivity index (χ4n) is 3.09. The number of hydrogen-bond acceptors (Lipinski definition) is 7. The van der Waals surface area contributed by atoms with Crippen molar-refractivity contribution in [1.29, 1.82) is 0 Å². The highest BCUT2D eigenvalue weighted by atomic mass is 16.5. The normalized spacial score (nSPS) is 25.0. The lowest BCUT2D eigenvalue weighted by Crippen LogP contribution is -2.16. The maximum Gasteiger partial charge on any atom is 0.246 e. The number of anilines is 1. The van der Waals surface area contributed by atoms with E-state index in [0.717, 1.165) is 19.3 Å². The number of nitrogens with zero attached hydrogens (tertiary/aromatic N) is 4. The minimum absolute atomic E-state index is 0.143. The zero-order chi connectivity index (χ0) is 15.7. The third-order valence-electron chi connectivity index (χ3n) is 4.02. The number of aromatic nitrogens is 4. The van der Waals surface area contributed by atoms with E-state index in [2.05, 4.69) is 21.9 Å². The second-order valence-corrected chi connectivity index (χ2v) is 5.61. The lowest BCUT2D eigenvalue weighted by atomic mass is 9.98. The Balaban J connectivity index is 2.00. The Kier molecular flexibility index (Phi) is 4.12. The zero-order valence-electron chi connectivity index (χ0n) is 12.8. The van der Waals surface area contributed by atoms with Gasteiger partial charge in [-0.05, 0) is 26.2 Å². The number of fused-ring (bicyclic) bond motifs is 1. The Morgan fingerprint density at radius 2 is 2.32 bits per heavy atom. The minimum atomic E-state index is -0.162. The van der Waals surface area contributed by atoms with Gasteiger partial charge in [-0.1, -0.05) is 0 Å². The first-order valence-electron chi connectivity index (χ1n) is 7.44. The maximum absolute atomic E-state index is 9.07. The Morgan fingerprint density at radius 3 is 3.05 bits per heavy atom. The van der Waals surface area contributed by atoms with E-state index in [4.69, 9.17) is 20.3 Å². The van der Waals surface area contributed by atoms with Crippen molar-refractivity contribution in [3.8, 4) is 5.88 Å². The molecule has 1 saturated heterocycles. The number of aliphatic hydroxyl groups is 1. The summed E-state index contributed by atoms with van der Waals surface area (Å²) >= 11 is 0. The molecule has 3 rings (SSSR count). The van der Waals surface area contributed by atoms with Crippen LogP contribution in [0.5, 0.6) is 5.88 Å². The molecule has 1 aliphatic rings. The molecule has 1 fully saturated rings. The third kappa shape index (κ3) is 2.59. The van der Waals surface area contributed by atoms with E-state index in [1.165, 1.54) is 7.11 Å². The topological polar surface area (TPSA) is 108 Å². The number of aliphatic hydroxyl groups excluding tert-OH is 1. The Hall–Kier alpha value is -1.93. The number of imidazole rings is 1. The molecule has 8 nitrogen and oxygen atoms in total.